The number of phenolic OH excluding ortho intramolecular Hbond substituents is 1. The Bertz CT molecular complexity index is 1050. The molecule has 0 spiro atoms. The summed E-state index contributed by atoms with van der Waals surface area (Å²) in [5, 5.41) is 9.52. The van der Waals surface area contributed by atoms with E-state index in [1.54, 1.807) is 18.3 Å². The van der Waals surface area contributed by atoms with E-state index in [2.05, 4.69) is 42.9 Å². The fraction of sp³-hybridized carbons (Fsp3) is 0.154. The van der Waals surface area contributed by atoms with Crippen LogP contribution in [0, 0.1) is 13.0 Å². The molecule has 0 bridgehead atoms. The molecule has 2 aromatic heterocycles. The topological polar surface area (TPSA) is 46.0 Å². The summed E-state index contributed by atoms with van der Waals surface area (Å²) in [6.07, 6.45) is 3.66. The van der Waals surface area contributed by atoms with Crippen molar-refractivity contribution in [3.05, 3.63) is 102 Å². The number of aromatic hydroxyl groups is 1. The van der Waals surface area contributed by atoms with Gasteiger partial charge in [-0.25, -0.2) is 0 Å². The number of rotatable bonds is 3. The smallest absolute Gasteiger partial charge is 0.124 e. The molecule has 0 unspecified atom stereocenters. The van der Waals surface area contributed by atoms with Crippen LogP contribution in [0.15, 0.2) is 85.2 Å². The summed E-state index contributed by atoms with van der Waals surface area (Å²) in [5.41, 5.74) is 6.25. The number of benzene rings is 2. The van der Waals surface area contributed by atoms with Crippen LogP contribution >= 0.6 is 0 Å². The molecule has 3 nitrogen and oxygen atoms in total. The van der Waals surface area contributed by atoms with Crippen molar-refractivity contribution in [2.75, 3.05) is 0 Å². The molecule has 0 aliphatic carbocycles. The van der Waals surface area contributed by atoms with Gasteiger partial charge in [0, 0.05) is 38.1 Å². The van der Waals surface area contributed by atoms with Crippen molar-refractivity contribution in [1.82, 2.24) is 9.97 Å². The molecule has 1 N–H and O–H groups in total. The third-order valence-corrected chi connectivity index (χ3v) is 4.60. The Labute approximate surface area is 192 Å². The van der Waals surface area contributed by atoms with E-state index in [1.165, 1.54) is 11.1 Å². The van der Waals surface area contributed by atoms with E-state index in [0.29, 0.717) is 5.92 Å². The van der Waals surface area contributed by atoms with Crippen molar-refractivity contribution in [2.24, 2.45) is 0 Å². The number of hydrogen-bond acceptors (Lipinski definition) is 3. The summed E-state index contributed by atoms with van der Waals surface area (Å²) >= 11 is 0. The Balaban J connectivity index is 0.000000211. The molecular weight excluding hydrogens is 549 g/mol. The van der Waals surface area contributed by atoms with E-state index >= 15 is 0 Å². The summed E-state index contributed by atoms with van der Waals surface area (Å²) in [6.45, 7) is 6.53. The Morgan fingerprint density at radius 1 is 0.867 bits per heavy atom. The minimum Gasteiger partial charge on any atom is -0.507 e. The number of hydrogen-bond donors (Lipinski definition) is 1. The number of aryl methyl sites for hydroxylation is 1. The molecule has 0 saturated heterocycles. The second-order valence-corrected chi connectivity index (χ2v) is 7.09. The van der Waals surface area contributed by atoms with Crippen LogP contribution in [-0.2, 0) is 20.1 Å². The summed E-state index contributed by atoms with van der Waals surface area (Å²) in [7, 11) is 0. The van der Waals surface area contributed by atoms with Crippen molar-refractivity contribution in [1.29, 1.82) is 0 Å². The first-order valence-electron chi connectivity index (χ1n) is 9.69. The summed E-state index contributed by atoms with van der Waals surface area (Å²) in [5.74, 6) is 0.798. The van der Waals surface area contributed by atoms with Crippen LogP contribution < -0.4 is 0 Å². The molecule has 4 rings (SSSR count). The fourth-order valence-electron chi connectivity index (χ4n) is 3.07. The molecule has 0 amide bonds. The Hall–Kier alpha value is -2.81. The molecule has 4 aromatic rings. The van der Waals surface area contributed by atoms with Crippen LogP contribution in [0.5, 0.6) is 5.75 Å². The predicted octanol–water partition coefficient (Wildman–Crippen LogP) is 6.43. The SMILES string of the molecule is Cc1cnc(-c2[c-]cccc2)cc1C(C)C.Oc1ccccc1-c1ccccn1.[Ir]. The van der Waals surface area contributed by atoms with Gasteiger partial charge in [-0.15, -0.1) is 35.9 Å². The molecule has 0 fully saturated rings. The van der Waals surface area contributed by atoms with E-state index < -0.39 is 0 Å². The minimum atomic E-state index is 0. The average Bonchev–Trinajstić information content (AvgIpc) is 2.76. The third-order valence-electron chi connectivity index (χ3n) is 4.60. The van der Waals surface area contributed by atoms with Gasteiger partial charge in [0.05, 0.1) is 5.69 Å². The maximum atomic E-state index is 9.52. The van der Waals surface area contributed by atoms with Crippen molar-refractivity contribution >= 4 is 0 Å². The number of pyridine rings is 2. The molecule has 2 heterocycles. The normalized spacial score (nSPS) is 10.0. The van der Waals surface area contributed by atoms with E-state index in [9.17, 15) is 5.11 Å². The van der Waals surface area contributed by atoms with E-state index in [0.717, 1.165) is 22.5 Å². The number of para-hydroxylation sites is 1. The van der Waals surface area contributed by atoms with Crippen molar-refractivity contribution in [3.63, 3.8) is 0 Å². The summed E-state index contributed by atoms with van der Waals surface area (Å²) in [4.78, 5) is 8.61. The largest absolute Gasteiger partial charge is 0.507 e. The van der Waals surface area contributed by atoms with Gasteiger partial charge in [-0.05, 0) is 53.9 Å². The van der Waals surface area contributed by atoms with E-state index in [-0.39, 0.29) is 25.9 Å². The van der Waals surface area contributed by atoms with Crippen LogP contribution in [0.3, 0.4) is 0 Å². The zero-order valence-corrected chi connectivity index (χ0v) is 19.7. The molecule has 2 aromatic carbocycles. The van der Waals surface area contributed by atoms with Gasteiger partial charge in [0.15, 0.2) is 0 Å². The van der Waals surface area contributed by atoms with Gasteiger partial charge in [-0.1, -0.05) is 38.1 Å². The second-order valence-electron chi connectivity index (χ2n) is 7.09. The molecule has 30 heavy (non-hydrogen) atoms. The first-order valence-corrected chi connectivity index (χ1v) is 9.69. The summed E-state index contributed by atoms with van der Waals surface area (Å²) < 4.78 is 0. The van der Waals surface area contributed by atoms with Gasteiger partial charge in [0.2, 0.25) is 0 Å². The first kappa shape index (κ1) is 23.5. The molecule has 155 valence electrons. The van der Waals surface area contributed by atoms with Crippen LogP contribution in [-0.4, -0.2) is 15.1 Å². The van der Waals surface area contributed by atoms with E-state index in [4.69, 9.17) is 0 Å². The molecule has 0 atom stereocenters. The van der Waals surface area contributed by atoms with Gasteiger partial charge in [0.1, 0.15) is 5.75 Å². The minimum absolute atomic E-state index is 0. The van der Waals surface area contributed by atoms with Gasteiger partial charge in [0.25, 0.3) is 0 Å². The molecular formula is C26H25IrN2O-. The maximum absolute atomic E-state index is 9.52. The number of nitrogens with zero attached hydrogens (tertiary/aromatic N) is 2. The van der Waals surface area contributed by atoms with Crippen molar-refractivity contribution < 1.29 is 25.2 Å². The molecule has 1 radical (unpaired) electrons. The Morgan fingerprint density at radius 2 is 1.60 bits per heavy atom. The quantitative estimate of drug-likeness (QED) is 0.287. The van der Waals surface area contributed by atoms with E-state index in [1.807, 2.05) is 60.8 Å². The fourth-order valence-corrected chi connectivity index (χ4v) is 3.07. The van der Waals surface area contributed by atoms with Gasteiger partial charge in [-0.3, -0.25) is 4.98 Å². The first-order chi connectivity index (χ1) is 14.1. The van der Waals surface area contributed by atoms with Crippen LogP contribution in [0.2, 0.25) is 0 Å². The van der Waals surface area contributed by atoms with Crippen molar-refractivity contribution in [2.45, 2.75) is 26.7 Å². The van der Waals surface area contributed by atoms with Gasteiger partial charge in [-0.2, -0.15) is 0 Å². The Kier molecular flexibility index (Phi) is 8.91. The monoisotopic (exact) mass is 574 g/mol. The molecule has 0 aliphatic heterocycles. The van der Waals surface area contributed by atoms with Gasteiger partial charge >= 0.3 is 0 Å². The third kappa shape index (κ3) is 6.09. The van der Waals surface area contributed by atoms with Crippen LogP contribution in [0.4, 0.5) is 0 Å². The standard InChI is InChI=1S/C15H16N.C11H9NO.Ir/c1-11(2)14-9-15(16-10-12(14)3)13-7-5-4-6-8-13;13-11-7-2-1-5-9(11)10-6-3-4-8-12-10;/h4-7,9-11H,1-3H3;1-8,13H;/q-1;;. The Morgan fingerprint density at radius 3 is 2.23 bits per heavy atom. The predicted molar refractivity (Wildman–Crippen MR) is 119 cm³/mol. The van der Waals surface area contributed by atoms with Crippen molar-refractivity contribution in [3.8, 4) is 28.3 Å². The summed E-state index contributed by atoms with van der Waals surface area (Å²) in [6, 6.07) is 26.1. The number of aromatic nitrogens is 2. The average molecular weight is 574 g/mol. The van der Waals surface area contributed by atoms with Crippen LogP contribution in [0.1, 0.15) is 30.9 Å². The second kappa shape index (κ2) is 11.4. The van der Waals surface area contributed by atoms with Crippen LogP contribution in [0.25, 0.3) is 22.5 Å². The zero-order chi connectivity index (χ0) is 20.6. The number of phenols is 1. The van der Waals surface area contributed by atoms with Gasteiger partial charge < -0.3 is 10.1 Å². The molecule has 0 aliphatic rings. The zero-order valence-electron chi connectivity index (χ0n) is 17.3. The maximum Gasteiger partial charge on any atom is 0.124 e. The molecule has 0 saturated carbocycles. The molecule has 4 heteroatoms.